The molecule has 5 heteroatoms. The highest BCUT2D eigenvalue weighted by molar-refractivity contribution is 5.70. The monoisotopic (exact) mass is 266 g/mol. The Hall–Kier alpha value is -1.36. The van der Waals surface area contributed by atoms with Crippen LogP contribution >= 0.6 is 0 Å². The van der Waals surface area contributed by atoms with Crippen LogP contribution in [0.15, 0.2) is 0 Å². The van der Waals surface area contributed by atoms with E-state index in [1.165, 1.54) is 0 Å². The molecule has 5 nitrogen and oxygen atoms in total. The molecular weight excluding hydrogens is 244 g/mol. The maximum Gasteiger partial charge on any atom is 0.307 e. The first kappa shape index (κ1) is 14.1. The Morgan fingerprint density at radius 2 is 2.21 bits per heavy atom. The second-order valence-electron chi connectivity index (χ2n) is 5.94. The van der Waals surface area contributed by atoms with Crippen molar-refractivity contribution in [1.29, 1.82) is 0 Å². The van der Waals surface area contributed by atoms with E-state index in [-0.39, 0.29) is 18.1 Å². The van der Waals surface area contributed by atoms with Crippen molar-refractivity contribution in [2.24, 2.45) is 0 Å². The molecule has 1 aromatic heterocycles. The molecule has 0 aliphatic carbocycles. The van der Waals surface area contributed by atoms with Crippen LogP contribution in [0.1, 0.15) is 43.6 Å². The molecule has 1 aliphatic heterocycles. The lowest BCUT2D eigenvalue weighted by atomic mass is 10.1. The third-order valence-electron chi connectivity index (χ3n) is 3.79. The Kier molecular flexibility index (Phi) is 3.67. The van der Waals surface area contributed by atoms with E-state index in [0.29, 0.717) is 6.54 Å². The number of carbonyl (C=O) groups is 1. The number of carboxylic acid groups (broad SMARTS) is 1. The van der Waals surface area contributed by atoms with Gasteiger partial charge in [-0.2, -0.15) is 5.10 Å². The molecule has 1 unspecified atom stereocenters. The predicted molar refractivity (Wildman–Crippen MR) is 71.2 cm³/mol. The molecule has 19 heavy (non-hydrogen) atoms. The number of nitrogens with zero attached hydrogens (tertiary/aromatic N) is 2. The smallest absolute Gasteiger partial charge is 0.307 e. The van der Waals surface area contributed by atoms with Gasteiger partial charge in [-0.15, -0.1) is 0 Å². The molecule has 0 amide bonds. The van der Waals surface area contributed by atoms with E-state index >= 15 is 0 Å². The average molecular weight is 266 g/mol. The van der Waals surface area contributed by atoms with E-state index in [4.69, 9.17) is 9.84 Å². The molecule has 1 aliphatic rings. The molecule has 1 N–H and O–H groups in total. The highest BCUT2D eigenvalue weighted by Gasteiger charge is 2.32. The predicted octanol–water partition coefficient (Wildman–Crippen LogP) is 2.08. The van der Waals surface area contributed by atoms with E-state index < -0.39 is 5.97 Å². The summed E-state index contributed by atoms with van der Waals surface area (Å²) < 4.78 is 7.85. The van der Waals surface area contributed by atoms with Gasteiger partial charge in [0.2, 0.25) is 0 Å². The molecule has 0 aromatic carbocycles. The van der Waals surface area contributed by atoms with Gasteiger partial charge in [-0.25, -0.2) is 0 Å². The fourth-order valence-electron chi connectivity index (χ4n) is 2.72. The molecule has 1 aromatic rings. The molecule has 0 radical (unpaired) electrons. The minimum absolute atomic E-state index is 0.0364. The zero-order valence-corrected chi connectivity index (χ0v) is 12.1. The van der Waals surface area contributed by atoms with Gasteiger partial charge in [0.25, 0.3) is 0 Å². The van der Waals surface area contributed by atoms with Crippen molar-refractivity contribution in [2.75, 3.05) is 0 Å². The normalized spacial score (nSPS) is 21.8. The zero-order valence-electron chi connectivity index (χ0n) is 12.1. The summed E-state index contributed by atoms with van der Waals surface area (Å²) in [7, 11) is 0. The van der Waals surface area contributed by atoms with Crippen molar-refractivity contribution >= 4 is 5.97 Å². The van der Waals surface area contributed by atoms with Crippen LogP contribution in [0.5, 0.6) is 0 Å². The lowest BCUT2D eigenvalue weighted by molar-refractivity contribution is -0.136. The molecule has 1 fully saturated rings. The maximum absolute atomic E-state index is 10.9. The fourth-order valence-corrected chi connectivity index (χ4v) is 2.72. The summed E-state index contributed by atoms with van der Waals surface area (Å²) in [6.45, 7) is 8.70. The second-order valence-corrected chi connectivity index (χ2v) is 5.94. The molecule has 0 bridgehead atoms. The van der Waals surface area contributed by atoms with Crippen molar-refractivity contribution < 1.29 is 14.6 Å². The van der Waals surface area contributed by atoms with Crippen LogP contribution < -0.4 is 0 Å². The first-order chi connectivity index (χ1) is 8.78. The molecule has 0 spiro atoms. The summed E-state index contributed by atoms with van der Waals surface area (Å²) in [6.07, 6.45) is 2.29. The van der Waals surface area contributed by atoms with Crippen LogP contribution in [0.2, 0.25) is 0 Å². The lowest BCUT2D eigenvalue weighted by Crippen LogP contribution is -2.23. The molecular formula is C14H22N2O3. The fraction of sp³-hybridized carbons (Fsp3) is 0.714. The Balaban J connectivity index is 2.11. The number of aromatic nitrogens is 2. The summed E-state index contributed by atoms with van der Waals surface area (Å²) in [5.74, 6) is -0.816. The summed E-state index contributed by atoms with van der Waals surface area (Å²) in [6, 6.07) is 0. The van der Waals surface area contributed by atoms with Crippen LogP contribution in [0.3, 0.4) is 0 Å². The average Bonchev–Trinajstić information content (AvgIpc) is 2.74. The molecule has 2 rings (SSSR count). The Bertz CT molecular complexity index is 491. The van der Waals surface area contributed by atoms with Crippen molar-refractivity contribution in [3.8, 4) is 0 Å². The van der Waals surface area contributed by atoms with Crippen molar-refractivity contribution in [3.63, 3.8) is 0 Å². The number of rotatable bonds is 4. The third-order valence-corrected chi connectivity index (χ3v) is 3.79. The highest BCUT2D eigenvalue weighted by atomic mass is 16.5. The Labute approximate surface area is 113 Å². The SMILES string of the molecule is Cc1nn(CC2CCC(C)(C)O2)c(C)c1CC(=O)O. The first-order valence-electron chi connectivity index (χ1n) is 6.71. The summed E-state index contributed by atoms with van der Waals surface area (Å²) in [5, 5.41) is 13.4. The number of aliphatic carboxylic acids is 1. The van der Waals surface area contributed by atoms with E-state index in [9.17, 15) is 4.79 Å². The van der Waals surface area contributed by atoms with Gasteiger partial charge >= 0.3 is 5.97 Å². The van der Waals surface area contributed by atoms with Gasteiger partial charge in [-0.1, -0.05) is 0 Å². The van der Waals surface area contributed by atoms with Crippen LogP contribution in [0.25, 0.3) is 0 Å². The van der Waals surface area contributed by atoms with Crippen molar-refractivity contribution in [3.05, 3.63) is 17.0 Å². The van der Waals surface area contributed by atoms with Crippen molar-refractivity contribution in [2.45, 2.75) is 65.2 Å². The van der Waals surface area contributed by atoms with Gasteiger partial charge in [-0.05, 0) is 40.5 Å². The Morgan fingerprint density at radius 1 is 1.53 bits per heavy atom. The summed E-state index contributed by atoms with van der Waals surface area (Å²) in [5.41, 5.74) is 2.51. The summed E-state index contributed by atoms with van der Waals surface area (Å²) in [4.78, 5) is 10.9. The van der Waals surface area contributed by atoms with Gasteiger partial charge < -0.3 is 9.84 Å². The van der Waals surface area contributed by atoms with E-state index in [2.05, 4.69) is 18.9 Å². The minimum atomic E-state index is -0.816. The number of hydrogen-bond donors (Lipinski definition) is 1. The summed E-state index contributed by atoms with van der Waals surface area (Å²) >= 11 is 0. The van der Waals surface area contributed by atoms with Gasteiger partial charge in [0.1, 0.15) is 0 Å². The van der Waals surface area contributed by atoms with Crippen LogP contribution in [0, 0.1) is 13.8 Å². The molecule has 1 saturated heterocycles. The Morgan fingerprint density at radius 3 is 2.74 bits per heavy atom. The number of carboxylic acids is 1. The molecule has 0 saturated carbocycles. The van der Waals surface area contributed by atoms with Crippen LogP contribution in [-0.2, 0) is 22.5 Å². The second kappa shape index (κ2) is 4.96. The largest absolute Gasteiger partial charge is 0.481 e. The topological polar surface area (TPSA) is 64.4 Å². The third kappa shape index (κ3) is 3.15. The van der Waals surface area contributed by atoms with Gasteiger partial charge in [0, 0.05) is 11.3 Å². The molecule has 1 atom stereocenters. The zero-order chi connectivity index (χ0) is 14.2. The van der Waals surface area contributed by atoms with E-state index in [1.54, 1.807) is 0 Å². The molecule has 106 valence electrons. The van der Waals surface area contributed by atoms with E-state index in [0.717, 1.165) is 29.8 Å². The van der Waals surface area contributed by atoms with Gasteiger partial charge in [0.05, 0.1) is 30.4 Å². The van der Waals surface area contributed by atoms with Crippen molar-refractivity contribution in [1.82, 2.24) is 9.78 Å². The number of hydrogen-bond acceptors (Lipinski definition) is 3. The highest BCUT2D eigenvalue weighted by Crippen LogP contribution is 2.30. The van der Waals surface area contributed by atoms with E-state index in [1.807, 2.05) is 18.5 Å². The minimum Gasteiger partial charge on any atom is -0.481 e. The lowest BCUT2D eigenvalue weighted by Gasteiger charge is -2.19. The van der Waals surface area contributed by atoms with Crippen LogP contribution in [-0.4, -0.2) is 32.6 Å². The maximum atomic E-state index is 10.9. The first-order valence-corrected chi connectivity index (χ1v) is 6.71. The number of aryl methyl sites for hydroxylation is 1. The quantitative estimate of drug-likeness (QED) is 0.906. The van der Waals surface area contributed by atoms with Gasteiger partial charge in [0.15, 0.2) is 0 Å². The number of ether oxygens (including phenoxy) is 1. The molecule has 2 heterocycles. The van der Waals surface area contributed by atoms with Gasteiger partial charge in [-0.3, -0.25) is 9.48 Å². The van der Waals surface area contributed by atoms with Crippen LogP contribution in [0.4, 0.5) is 0 Å². The standard InChI is InChI=1S/C14H22N2O3/c1-9-12(7-13(17)18)10(2)16(15-9)8-11-5-6-14(3,4)19-11/h11H,5-8H2,1-4H3,(H,17,18).